The molecule has 1 unspecified atom stereocenters. The Morgan fingerprint density at radius 1 is 1.35 bits per heavy atom. The zero-order valence-electron chi connectivity index (χ0n) is 15.3. The number of aliphatic imine (C=N–C) groups is 1. The number of likely N-dealkylation sites (tertiary alicyclic amines) is 1. The number of rotatable bonds is 8. The molecule has 0 aromatic heterocycles. The second-order valence-electron chi connectivity index (χ2n) is 6.60. The lowest BCUT2D eigenvalue weighted by molar-refractivity contribution is -0.119. The summed E-state index contributed by atoms with van der Waals surface area (Å²) in [6.45, 7) is 10.7. The number of carbonyl (C=O) groups is 1. The van der Waals surface area contributed by atoms with Crippen LogP contribution >= 0.6 is 0 Å². The molecule has 134 valence electrons. The molecular weight excluding hydrogens is 292 g/mol. The maximum atomic E-state index is 11.8. The third-order valence-electron chi connectivity index (χ3n) is 4.27. The average molecular weight is 326 g/mol. The molecule has 1 heterocycles. The van der Waals surface area contributed by atoms with Crippen molar-refractivity contribution in [1.82, 2.24) is 15.5 Å². The zero-order valence-corrected chi connectivity index (χ0v) is 15.3. The summed E-state index contributed by atoms with van der Waals surface area (Å²) in [7, 11) is 1.62. The Morgan fingerprint density at radius 2 is 2.13 bits per heavy atom. The lowest BCUT2D eigenvalue weighted by Gasteiger charge is -2.42. The Kier molecular flexibility index (Phi) is 8.99. The van der Waals surface area contributed by atoms with Crippen LogP contribution in [-0.2, 0) is 9.53 Å². The highest BCUT2D eigenvalue weighted by Crippen LogP contribution is 2.33. The molecule has 0 aromatic carbocycles. The summed E-state index contributed by atoms with van der Waals surface area (Å²) in [6.07, 6.45) is 4.90. The van der Waals surface area contributed by atoms with Gasteiger partial charge in [0, 0.05) is 33.3 Å². The van der Waals surface area contributed by atoms with Crippen molar-refractivity contribution < 1.29 is 9.53 Å². The second kappa shape index (κ2) is 10.5. The molecule has 0 saturated carbocycles. The second-order valence-corrected chi connectivity index (χ2v) is 6.60. The van der Waals surface area contributed by atoms with Gasteiger partial charge in [-0.2, -0.15) is 0 Å². The number of ether oxygens (including phenoxy) is 1. The molecule has 1 fully saturated rings. The van der Waals surface area contributed by atoms with Crippen LogP contribution in [0.2, 0.25) is 0 Å². The summed E-state index contributed by atoms with van der Waals surface area (Å²) in [5, 5.41) is 6.13. The maximum Gasteiger partial charge on any atom is 0.241 e. The molecule has 23 heavy (non-hydrogen) atoms. The SMILES string of the molecule is CCCC1(C)CCCN(C(=NCC(=O)NCCOC)NCC)C1. The van der Waals surface area contributed by atoms with Gasteiger partial charge in [0.15, 0.2) is 5.96 Å². The molecule has 0 aliphatic carbocycles. The number of hydrogen-bond acceptors (Lipinski definition) is 3. The van der Waals surface area contributed by atoms with Crippen LogP contribution in [0.4, 0.5) is 0 Å². The molecule has 0 aromatic rings. The van der Waals surface area contributed by atoms with Crippen LogP contribution in [0.25, 0.3) is 0 Å². The molecule has 6 nitrogen and oxygen atoms in total. The molecule has 0 bridgehead atoms. The summed E-state index contributed by atoms with van der Waals surface area (Å²) in [4.78, 5) is 18.6. The minimum atomic E-state index is -0.0641. The van der Waals surface area contributed by atoms with Gasteiger partial charge in [-0.1, -0.05) is 20.3 Å². The fourth-order valence-electron chi connectivity index (χ4n) is 3.22. The molecule has 1 rings (SSSR count). The first-order valence-electron chi connectivity index (χ1n) is 8.83. The Hall–Kier alpha value is -1.30. The van der Waals surface area contributed by atoms with Crippen molar-refractivity contribution in [3.05, 3.63) is 0 Å². The van der Waals surface area contributed by atoms with Crippen LogP contribution < -0.4 is 10.6 Å². The summed E-state index contributed by atoms with van der Waals surface area (Å²) in [5.74, 6) is 0.794. The highest BCUT2D eigenvalue weighted by atomic mass is 16.5. The van der Waals surface area contributed by atoms with E-state index in [4.69, 9.17) is 4.74 Å². The van der Waals surface area contributed by atoms with E-state index in [1.165, 1.54) is 25.7 Å². The van der Waals surface area contributed by atoms with Crippen LogP contribution in [0.15, 0.2) is 4.99 Å². The van der Waals surface area contributed by atoms with Gasteiger partial charge in [-0.15, -0.1) is 0 Å². The van der Waals surface area contributed by atoms with E-state index in [1.807, 2.05) is 0 Å². The van der Waals surface area contributed by atoms with Gasteiger partial charge >= 0.3 is 0 Å². The molecule has 0 spiro atoms. The number of hydrogen-bond donors (Lipinski definition) is 2. The minimum absolute atomic E-state index is 0.0641. The molecule has 1 saturated heterocycles. The standard InChI is InChI=1S/C17H34N4O2/c1-5-8-17(3)9-7-11-21(14-17)16(18-6-2)20-13-15(22)19-10-12-23-4/h5-14H2,1-4H3,(H,18,20)(H,19,22). The average Bonchev–Trinajstić information content (AvgIpc) is 2.51. The van der Waals surface area contributed by atoms with Crippen molar-refractivity contribution in [2.75, 3.05) is 46.4 Å². The summed E-state index contributed by atoms with van der Waals surface area (Å²) in [6, 6.07) is 0. The topological polar surface area (TPSA) is 66.0 Å². The van der Waals surface area contributed by atoms with Crippen LogP contribution in [-0.4, -0.2) is 63.2 Å². The van der Waals surface area contributed by atoms with Gasteiger partial charge in [0.25, 0.3) is 0 Å². The van der Waals surface area contributed by atoms with E-state index in [0.29, 0.717) is 18.6 Å². The van der Waals surface area contributed by atoms with Gasteiger partial charge in [-0.3, -0.25) is 4.79 Å². The lowest BCUT2D eigenvalue weighted by Crippen LogP contribution is -2.50. The van der Waals surface area contributed by atoms with Crippen molar-refractivity contribution in [2.24, 2.45) is 10.4 Å². The smallest absolute Gasteiger partial charge is 0.241 e. The van der Waals surface area contributed by atoms with Gasteiger partial charge < -0.3 is 20.3 Å². The minimum Gasteiger partial charge on any atom is -0.383 e. The van der Waals surface area contributed by atoms with E-state index in [9.17, 15) is 4.79 Å². The van der Waals surface area contributed by atoms with E-state index in [2.05, 4.69) is 41.3 Å². The third kappa shape index (κ3) is 7.20. The Balaban J connectivity index is 2.61. The maximum absolute atomic E-state index is 11.8. The zero-order chi connectivity index (χ0) is 17.1. The number of nitrogens with one attached hydrogen (secondary N) is 2. The fourth-order valence-corrected chi connectivity index (χ4v) is 3.22. The van der Waals surface area contributed by atoms with Crippen molar-refractivity contribution in [3.8, 4) is 0 Å². The van der Waals surface area contributed by atoms with Gasteiger partial charge in [0.1, 0.15) is 6.54 Å². The monoisotopic (exact) mass is 326 g/mol. The van der Waals surface area contributed by atoms with Crippen molar-refractivity contribution in [1.29, 1.82) is 0 Å². The van der Waals surface area contributed by atoms with Crippen LogP contribution in [0.1, 0.15) is 46.5 Å². The van der Waals surface area contributed by atoms with E-state index in [0.717, 1.165) is 25.6 Å². The summed E-state index contributed by atoms with van der Waals surface area (Å²) >= 11 is 0. The van der Waals surface area contributed by atoms with Crippen LogP contribution in [0, 0.1) is 5.41 Å². The molecule has 0 radical (unpaired) electrons. The van der Waals surface area contributed by atoms with Gasteiger partial charge in [0.05, 0.1) is 6.61 Å². The molecule has 1 aliphatic heterocycles. The third-order valence-corrected chi connectivity index (χ3v) is 4.27. The van der Waals surface area contributed by atoms with Crippen molar-refractivity contribution >= 4 is 11.9 Å². The van der Waals surface area contributed by atoms with Gasteiger partial charge in [0.2, 0.25) is 5.91 Å². The van der Waals surface area contributed by atoms with E-state index in [1.54, 1.807) is 7.11 Å². The van der Waals surface area contributed by atoms with Crippen LogP contribution in [0.5, 0.6) is 0 Å². The number of amides is 1. The predicted octanol–water partition coefficient (Wildman–Crippen LogP) is 1.62. The number of guanidine groups is 1. The molecule has 1 aliphatic rings. The molecule has 6 heteroatoms. The highest BCUT2D eigenvalue weighted by molar-refractivity contribution is 5.85. The first-order valence-corrected chi connectivity index (χ1v) is 8.83. The van der Waals surface area contributed by atoms with E-state index < -0.39 is 0 Å². The summed E-state index contributed by atoms with van der Waals surface area (Å²) in [5.41, 5.74) is 0.351. The lowest BCUT2D eigenvalue weighted by atomic mass is 9.78. The normalized spacial score (nSPS) is 22.1. The summed E-state index contributed by atoms with van der Waals surface area (Å²) < 4.78 is 4.93. The Bertz CT molecular complexity index is 383. The molecule has 1 amide bonds. The van der Waals surface area contributed by atoms with E-state index in [-0.39, 0.29) is 12.5 Å². The fraction of sp³-hybridized carbons (Fsp3) is 0.882. The predicted molar refractivity (Wildman–Crippen MR) is 94.7 cm³/mol. The Labute approximate surface area is 141 Å². The Morgan fingerprint density at radius 3 is 2.78 bits per heavy atom. The largest absolute Gasteiger partial charge is 0.383 e. The first kappa shape index (κ1) is 19.7. The van der Waals surface area contributed by atoms with Gasteiger partial charge in [-0.05, 0) is 31.6 Å². The molecule has 2 N–H and O–H groups in total. The number of carbonyl (C=O) groups excluding carboxylic acids is 1. The van der Waals surface area contributed by atoms with Gasteiger partial charge in [-0.25, -0.2) is 4.99 Å². The van der Waals surface area contributed by atoms with Crippen molar-refractivity contribution in [2.45, 2.75) is 46.5 Å². The number of nitrogens with zero attached hydrogens (tertiary/aromatic N) is 2. The molecular formula is C17H34N4O2. The number of piperidine rings is 1. The number of methoxy groups -OCH3 is 1. The molecule has 1 atom stereocenters. The first-order chi connectivity index (χ1) is 11.0. The van der Waals surface area contributed by atoms with Crippen molar-refractivity contribution in [3.63, 3.8) is 0 Å². The van der Waals surface area contributed by atoms with Crippen LogP contribution in [0.3, 0.4) is 0 Å². The van der Waals surface area contributed by atoms with E-state index >= 15 is 0 Å². The quantitative estimate of drug-likeness (QED) is 0.404. The highest BCUT2D eigenvalue weighted by Gasteiger charge is 2.31.